The second-order valence-electron chi connectivity index (χ2n) is 7.59. The van der Waals surface area contributed by atoms with Gasteiger partial charge in [0.25, 0.3) is 11.8 Å². The minimum atomic E-state index is -1.29. The average Bonchev–Trinajstić information content (AvgIpc) is 3.59. The van der Waals surface area contributed by atoms with E-state index in [9.17, 15) is 24.3 Å². The largest absolute Gasteiger partial charge is 0.479 e. The van der Waals surface area contributed by atoms with Crippen LogP contribution in [0.25, 0.3) is 5.65 Å². The minimum absolute atomic E-state index is 0.136. The van der Waals surface area contributed by atoms with Gasteiger partial charge in [-0.2, -0.15) is 0 Å². The summed E-state index contributed by atoms with van der Waals surface area (Å²) in [6.07, 6.45) is 0. The van der Waals surface area contributed by atoms with Crippen LogP contribution in [0.5, 0.6) is 0 Å². The lowest BCUT2D eigenvalue weighted by Crippen LogP contribution is -2.71. The van der Waals surface area contributed by atoms with Crippen LogP contribution in [0.15, 0.2) is 44.5 Å². The number of thiazole rings is 1. The molecule has 3 aromatic rings. The molecule has 0 bridgehead atoms. The van der Waals surface area contributed by atoms with Crippen LogP contribution in [0, 0.1) is 0 Å². The molecule has 0 aliphatic carbocycles. The van der Waals surface area contributed by atoms with Crippen molar-refractivity contribution in [2.75, 3.05) is 18.1 Å². The smallest absolute Gasteiger partial charge is 0.352 e. The number of rotatable bonds is 10. The fourth-order valence-electron chi connectivity index (χ4n) is 3.56. The van der Waals surface area contributed by atoms with Gasteiger partial charge in [-0.15, -0.1) is 49.7 Å². The molecule has 0 radical (unpaired) electrons. The van der Waals surface area contributed by atoms with E-state index in [4.69, 9.17) is 9.94 Å². The highest BCUT2D eigenvalue weighted by Crippen LogP contribution is 2.41. The lowest BCUT2D eigenvalue weighted by Gasteiger charge is -2.49. The Bertz CT molecular complexity index is 1490. The van der Waals surface area contributed by atoms with Crippen molar-refractivity contribution < 1.29 is 34.2 Å². The fourth-order valence-corrected chi connectivity index (χ4v) is 6.43. The zero-order valence-electron chi connectivity index (χ0n) is 18.8. The van der Waals surface area contributed by atoms with E-state index < -0.39 is 41.8 Å². The number of hydrogen-bond acceptors (Lipinski definition) is 14. The van der Waals surface area contributed by atoms with Crippen molar-refractivity contribution in [3.05, 3.63) is 40.0 Å². The Kier molecular flexibility index (Phi) is 7.20. The Morgan fingerprint density at radius 3 is 2.87 bits per heavy atom. The molecule has 2 atom stereocenters. The fraction of sp³-hybridized carbons (Fsp3) is 0.263. The number of nitrogens with zero attached hydrogens (tertiary/aromatic N) is 8. The molecule has 1 saturated heterocycles. The van der Waals surface area contributed by atoms with Gasteiger partial charge in [-0.25, -0.2) is 14.6 Å². The average molecular weight is 578 g/mol. The first kappa shape index (κ1) is 25.5. The van der Waals surface area contributed by atoms with Crippen LogP contribution in [0.3, 0.4) is 0 Å². The Labute approximate surface area is 224 Å². The SMILES string of the molecule is O=C(O)CO/N=C(/C(=O)NC1C(=O)N2C(C(=O)O)=C(CSc3ccc4nnnn4n3)CSC12)c1cscn1. The highest BCUT2D eigenvalue weighted by atomic mass is 32.2. The molecule has 2 aliphatic heterocycles. The predicted octanol–water partition coefficient (Wildman–Crippen LogP) is -0.688. The Morgan fingerprint density at radius 1 is 1.29 bits per heavy atom. The van der Waals surface area contributed by atoms with E-state index in [2.05, 4.69) is 36.1 Å². The van der Waals surface area contributed by atoms with Gasteiger partial charge in [0.2, 0.25) is 6.61 Å². The van der Waals surface area contributed by atoms with E-state index in [1.807, 2.05) is 0 Å². The van der Waals surface area contributed by atoms with Crippen LogP contribution >= 0.6 is 34.9 Å². The molecule has 2 amide bonds. The van der Waals surface area contributed by atoms with Crippen molar-refractivity contribution in [3.8, 4) is 0 Å². The predicted molar refractivity (Wildman–Crippen MR) is 131 cm³/mol. The van der Waals surface area contributed by atoms with Crippen LogP contribution in [-0.2, 0) is 24.0 Å². The van der Waals surface area contributed by atoms with Crippen molar-refractivity contribution >= 4 is 70.0 Å². The van der Waals surface area contributed by atoms with Crippen LogP contribution in [0.1, 0.15) is 5.69 Å². The van der Waals surface area contributed by atoms with E-state index in [1.165, 1.54) is 50.4 Å². The van der Waals surface area contributed by atoms with Crippen molar-refractivity contribution in [2.24, 2.45) is 5.16 Å². The maximum atomic E-state index is 13.0. The highest BCUT2D eigenvalue weighted by Gasteiger charge is 2.54. The lowest BCUT2D eigenvalue weighted by molar-refractivity contribution is -0.150. The number of nitrogens with one attached hydrogen (secondary N) is 1. The molecule has 3 N–H and O–H groups in total. The zero-order valence-corrected chi connectivity index (χ0v) is 21.3. The van der Waals surface area contributed by atoms with E-state index >= 15 is 0 Å². The number of carboxylic acid groups (broad SMARTS) is 2. The first-order valence-corrected chi connectivity index (χ1v) is 13.5. The van der Waals surface area contributed by atoms with Crippen molar-refractivity contribution in [1.82, 2.24) is 40.5 Å². The molecule has 0 saturated carbocycles. The molecule has 0 aromatic carbocycles. The molecule has 2 unspecified atom stereocenters. The summed E-state index contributed by atoms with van der Waals surface area (Å²) in [6.45, 7) is -0.776. The minimum Gasteiger partial charge on any atom is -0.479 e. The second kappa shape index (κ2) is 10.7. The zero-order chi connectivity index (χ0) is 26.8. The number of aliphatic carboxylic acids is 2. The van der Waals surface area contributed by atoms with Gasteiger partial charge in [0, 0.05) is 16.9 Å². The molecule has 196 valence electrons. The van der Waals surface area contributed by atoms with Gasteiger partial charge >= 0.3 is 11.9 Å². The van der Waals surface area contributed by atoms with Gasteiger partial charge < -0.3 is 20.4 Å². The molecule has 16 nitrogen and oxygen atoms in total. The van der Waals surface area contributed by atoms with Crippen molar-refractivity contribution in [3.63, 3.8) is 0 Å². The summed E-state index contributed by atoms with van der Waals surface area (Å²) < 4.78 is 1.25. The molecule has 2 aliphatic rings. The van der Waals surface area contributed by atoms with Gasteiger partial charge in [-0.05, 0) is 28.1 Å². The summed E-state index contributed by atoms with van der Waals surface area (Å²) in [6, 6.07) is 2.36. The maximum Gasteiger partial charge on any atom is 0.352 e. The number of fused-ring (bicyclic) bond motifs is 2. The van der Waals surface area contributed by atoms with E-state index in [0.29, 0.717) is 22.0 Å². The maximum absolute atomic E-state index is 13.0. The summed E-state index contributed by atoms with van der Waals surface area (Å²) in [5.74, 6) is -3.41. The molecule has 1 fully saturated rings. The number of tetrazole rings is 1. The quantitative estimate of drug-likeness (QED) is 0.118. The Hall–Kier alpha value is -4.10. The number of carboxylic acids is 2. The second-order valence-corrected chi connectivity index (χ2v) is 10.4. The molecule has 19 heteroatoms. The summed E-state index contributed by atoms with van der Waals surface area (Å²) in [5.41, 5.74) is 2.12. The van der Waals surface area contributed by atoms with E-state index in [0.717, 1.165) is 4.90 Å². The first-order valence-electron chi connectivity index (χ1n) is 10.5. The number of carbonyl (C=O) groups excluding carboxylic acids is 2. The third-order valence-electron chi connectivity index (χ3n) is 5.21. The molecular formula is C19H15N9O7S3. The summed E-state index contributed by atoms with van der Waals surface area (Å²) in [7, 11) is 0. The van der Waals surface area contributed by atoms with Gasteiger partial charge in [0.15, 0.2) is 11.4 Å². The molecule has 5 rings (SSSR count). The number of oxime groups is 1. The van der Waals surface area contributed by atoms with Gasteiger partial charge in [-0.3, -0.25) is 14.5 Å². The standard InChI is InChI=1S/C19H15N9O7S3/c29-12(30)3-35-24-13(9-6-36-7-20-9)16(31)21-14-17(32)27-15(19(33)34)8(5-38-18(14)27)4-37-11-2-1-10-22-25-26-28(10)23-11/h1-2,6-7,14,18H,3-5H2,(H,21,31)(H,29,30)(H,33,34)/b24-13+. The van der Waals surface area contributed by atoms with E-state index in [1.54, 1.807) is 12.1 Å². The number of thioether (sulfide) groups is 2. The normalized spacial score (nSPS) is 19.2. The number of β-lactam (4-membered cyclic amide) rings is 1. The number of aromatic nitrogens is 6. The Balaban J connectivity index is 1.29. The Morgan fingerprint density at radius 2 is 2.13 bits per heavy atom. The van der Waals surface area contributed by atoms with Crippen LogP contribution in [-0.4, -0.2) is 104 Å². The summed E-state index contributed by atoms with van der Waals surface area (Å²) in [4.78, 5) is 58.6. The van der Waals surface area contributed by atoms with Crippen molar-refractivity contribution in [1.29, 1.82) is 0 Å². The molecular weight excluding hydrogens is 562 g/mol. The van der Waals surface area contributed by atoms with Crippen LogP contribution < -0.4 is 5.32 Å². The summed E-state index contributed by atoms with van der Waals surface area (Å²) in [5, 5.41) is 41.5. The molecule has 3 aromatic heterocycles. The molecule has 0 spiro atoms. The lowest BCUT2D eigenvalue weighted by atomic mass is 10.0. The number of carbonyl (C=O) groups is 4. The van der Waals surface area contributed by atoms with E-state index in [-0.39, 0.29) is 22.9 Å². The third-order valence-corrected chi connectivity index (χ3v) is 8.14. The van der Waals surface area contributed by atoms with Crippen LogP contribution in [0.2, 0.25) is 0 Å². The monoisotopic (exact) mass is 577 g/mol. The number of hydrogen-bond donors (Lipinski definition) is 3. The highest BCUT2D eigenvalue weighted by molar-refractivity contribution is 8.01. The van der Waals surface area contributed by atoms with Crippen molar-refractivity contribution in [2.45, 2.75) is 16.4 Å². The summed E-state index contributed by atoms with van der Waals surface area (Å²) >= 11 is 3.75. The number of amides is 2. The van der Waals surface area contributed by atoms with Gasteiger partial charge in [-0.1, -0.05) is 5.16 Å². The molecule has 38 heavy (non-hydrogen) atoms. The molecule has 5 heterocycles. The first-order chi connectivity index (χ1) is 18.3. The topological polar surface area (TPSA) is 214 Å². The van der Waals surface area contributed by atoms with Gasteiger partial charge in [0.1, 0.15) is 27.8 Å². The van der Waals surface area contributed by atoms with Crippen LogP contribution in [0.4, 0.5) is 0 Å². The third kappa shape index (κ3) is 5.02. The van der Waals surface area contributed by atoms with Gasteiger partial charge in [0.05, 0.1) is 5.51 Å².